The van der Waals surface area contributed by atoms with Gasteiger partial charge in [0.1, 0.15) is 12.4 Å². The van der Waals surface area contributed by atoms with Crippen LogP contribution in [-0.4, -0.2) is 46.6 Å². The molecule has 1 atom stereocenters. The van der Waals surface area contributed by atoms with E-state index >= 15 is 0 Å². The Morgan fingerprint density at radius 3 is 2.83 bits per heavy atom. The highest BCUT2D eigenvalue weighted by atomic mass is 32.2. The lowest BCUT2D eigenvalue weighted by Crippen LogP contribution is -2.15. The zero-order chi connectivity index (χ0) is 13.8. The van der Waals surface area contributed by atoms with E-state index in [0.29, 0.717) is 17.9 Å². The number of allylic oxidation sites excluding steroid dienone is 1. The van der Waals surface area contributed by atoms with Crippen molar-refractivity contribution in [2.75, 3.05) is 18.1 Å². The van der Waals surface area contributed by atoms with Crippen molar-refractivity contribution in [2.45, 2.75) is 18.9 Å². The second kappa shape index (κ2) is 11.3. The van der Waals surface area contributed by atoms with Crippen LogP contribution in [0.25, 0.3) is 0 Å². The third kappa shape index (κ3) is 10.4. The summed E-state index contributed by atoms with van der Waals surface area (Å²) >= 11 is 4.21. The van der Waals surface area contributed by atoms with Gasteiger partial charge in [0.2, 0.25) is 5.12 Å². The van der Waals surface area contributed by atoms with Crippen LogP contribution < -0.4 is 0 Å². The van der Waals surface area contributed by atoms with Crippen molar-refractivity contribution in [1.29, 1.82) is 5.41 Å². The summed E-state index contributed by atoms with van der Waals surface area (Å²) in [5, 5.41) is 15.9. The van der Waals surface area contributed by atoms with Crippen molar-refractivity contribution in [3.63, 3.8) is 0 Å². The van der Waals surface area contributed by atoms with E-state index in [2.05, 4.69) is 12.6 Å². The maximum Gasteiger partial charge on any atom is 0.308 e. The van der Waals surface area contributed by atoms with E-state index in [9.17, 15) is 14.7 Å². The summed E-state index contributed by atoms with van der Waals surface area (Å²) in [7, 11) is 0. The normalized spacial score (nSPS) is 12.3. The molecule has 7 heteroatoms. The number of rotatable bonds is 9. The van der Waals surface area contributed by atoms with Crippen molar-refractivity contribution >= 4 is 41.7 Å². The maximum atomic E-state index is 11.1. The Bertz CT molecular complexity index is 307. The van der Waals surface area contributed by atoms with Crippen LogP contribution >= 0.6 is 11.8 Å². The Morgan fingerprint density at radius 2 is 2.22 bits per heavy atom. The van der Waals surface area contributed by atoms with Crippen LogP contribution in [0, 0.1) is 5.41 Å². The van der Waals surface area contributed by atoms with E-state index in [4.69, 9.17) is 10.1 Å². The van der Waals surface area contributed by atoms with Crippen LogP contribution in [0.2, 0.25) is 0 Å². The Labute approximate surface area is 116 Å². The third-order valence-corrected chi connectivity index (χ3v) is 2.79. The summed E-state index contributed by atoms with van der Waals surface area (Å²) in [6, 6.07) is 0. The van der Waals surface area contributed by atoms with E-state index in [1.807, 2.05) is 0 Å². The van der Waals surface area contributed by atoms with E-state index in [0.717, 1.165) is 18.0 Å². The fourth-order valence-corrected chi connectivity index (χ4v) is 1.63. The molecule has 0 saturated heterocycles. The van der Waals surface area contributed by atoms with Gasteiger partial charge in [-0.05, 0) is 19.0 Å². The van der Waals surface area contributed by atoms with Gasteiger partial charge in [0.25, 0.3) is 0 Å². The molecule has 0 rings (SSSR count). The number of ether oxygens (including phenoxy) is 1. The molecule has 5 nitrogen and oxygen atoms in total. The lowest BCUT2D eigenvalue weighted by atomic mass is 10.2. The monoisotopic (exact) mass is 292 g/mol. The van der Waals surface area contributed by atoms with Crippen molar-refractivity contribution in [2.24, 2.45) is 0 Å². The van der Waals surface area contributed by atoms with Gasteiger partial charge in [0, 0.05) is 5.75 Å². The number of nitrogens with one attached hydrogen (secondary N) is 1. The summed E-state index contributed by atoms with van der Waals surface area (Å²) in [6.07, 6.45) is 3.63. The number of aliphatic hydroxyl groups is 1. The van der Waals surface area contributed by atoms with Crippen LogP contribution in [0.4, 0.5) is 0 Å². The summed E-state index contributed by atoms with van der Waals surface area (Å²) in [5.41, 5.74) is 0. The molecular formula is C11H18NO4S2+. The lowest BCUT2D eigenvalue weighted by molar-refractivity contribution is -0.144. The average molecular weight is 292 g/mol. The lowest BCUT2D eigenvalue weighted by Gasteiger charge is -2.04. The molecule has 0 bridgehead atoms. The highest BCUT2D eigenvalue weighted by Gasteiger charge is 2.08. The molecular weight excluding hydrogens is 274 g/mol. The molecule has 0 aliphatic rings. The van der Waals surface area contributed by atoms with Crippen molar-refractivity contribution in [1.82, 2.24) is 0 Å². The number of carbonyl (C=O) groups excluding carboxylic acids is 2. The first-order valence-corrected chi connectivity index (χ1v) is 7.11. The minimum Gasteiger partial charge on any atom is -0.461 e. The predicted octanol–water partition coefficient (Wildman–Crippen LogP) is 0.148. The van der Waals surface area contributed by atoms with Crippen LogP contribution in [-0.2, 0) is 27.0 Å². The zero-order valence-corrected chi connectivity index (χ0v) is 11.7. The molecule has 0 amide bonds. The minimum atomic E-state index is -0.865. The van der Waals surface area contributed by atoms with E-state index in [1.54, 1.807) is 6.08 Å². The summed E-state index contributed by atoms with van der Waals surface area (Å²) in [5.74, 6) is 0.667. The molecule has 0 unspecified atom stereocenters. The fraction of sp³-hybridized carbons (Fsp3) is 0.545. The van der Waals surface area contributed by atoms with Crippen molar-refractivity contribution in [3.8, 4) is 0 Å². The number of aliphatic hydroxyl groups excluding tert-OH is 1. The predicted molar refractivity (Wildman–Crippen MR) is 76.6 cm³/mol. The van der Waals surface area contributed by atoms with Gasteiger partial charge in [-0.2, -0.15) is 0 Å². The first kappa shape index (κ1) is 17.2. The molecule has 18 heavy (non-hydrogen) atoms. The molecule has 0 radical (unpaired) electrons. The van der Waals surface area contributed by atoms with Gasteiger partial charge < -0.3 is 15.3 Å². The minimum absolute atomic E-state index is 0.0741. The first-order chi connectivity index (χ1) is 8.60. The van der Waals surface area contributed by atoms with E-state index in [1.165, 1.54) is 6.08 Å². The SMILES string of the molecule is N=CC(=O)SCC/C=C/[C@@H](O)CC(=O)OCC[SH2+]. The van der Waals surface area contributed by atoms with E-state index < -0.39 is 12.1 Å². The molecule has 0 aromatic heterocycles. The van der Waals surface area contributed by atoms with Gasteiger partial charge in [-0.25, -0.2) is 0 Å². The van der Waals surface area contributed by atoms with Gasteiger partial charge >= 0.3 is 5.97 Å². The average Bonchev–Trinajstić information content (AvgIpc) is 2.35. The number of esters is 1. The Hall–Kier alpha value is -0.790. The highest BCUT2D eigenvalue weighted by molar-refractivity contribution is 8.15. The number of carbonyl (C=O) groups is 2. The zero-order valence-electron chi connectivity index (χ0n) is 9.93. The second-order valence-electron chi connectivity index (χ2n) is 3.27. The fourth-order valence-electron chi connectivity index (χ4n) is 0.985. The molecule has 0 saturated carbocycles. The van der Waals surface area contributed by atoms with Crippen LogP contribution in [0.3, 0.4) is 0 Å². The second-order valence-corrected chi connectivity index (χ2v) is 4.87. The quantitative estimate of drug-likeness (QED) is 0.208. The summed E-state index contributed by atoms with van der Waals surface area (Å²) in [4.78, 5) is 21.9. The van der Waals surface area contributed by atoms with Gasteiger partial charge in [-0.3, -0.25) is 9.59 Å². The molecule has 0 aliphatic carbocycles. The molecule has 102 valence electrons. The van der Waals surface area contributed by atoms with Gasteiger partial charge in [-0.15, -0.1) is 0 Å². The van der Waals surface area contributed by atoms with Crippen molar-refractivity contribution < 1.29 is 19.4 Å². The Kier molecular flexibility index (Phi) is 10.8. The molecule has 0 heterocycles. The number of thioether (sulfide) groups is 1. The number of hydrogen-bond donors (Lipinski definition) is 2. The third-order valence-electron chi connectivity index (χ3n) is 1.75. The molecule has 0 fully saturated rings. The van der Waals surface area contributed by atoms with Crippen molar-refractivity contribution in [3.05, 3.63) is 12.2 Å². The molecule has 0 aromatic carbocycles. The topological polar surface area (TPSA) is 87.5 Å². The molecule has 2 N–H and O–H groups in total. The van der Waals surface area contributed by atoms with Crippen LogP contribution in [0.15, 0.2) is 12.2 Å². The standard InChI is InChI=1S/C11H17NO4S2/c12-8-11(15)18-6-2-1-3-9(13)7-10(14)16-4-5-17/h1,3,8-9,12-13,17H,2,4-7H2/p+1/b3-1+,12-8?/t9-/m1/s1. The van der Waals surface area contributed by atoms with Crippen LogP contribution in [0.5, 0.6) is 0 Å². The van der Waals surface area contributed by atoms with Gasteiger partial charge in [0.05, 0.1) is 18.7 Å². The highest BCUT2D eigenvalue weighted by Crippen LogP contribution is 2.04. The molecule has 0 aliphatic heterocycles. The molecule has 0 spiro atoms. The van der Waals surface area contributed by atoms with Gasteiger partial charge in [0.15, 0.2) is 0 Å². The first-order valence-electron chi connectivity index (χ1n) is 5.42. The summed E-state index contributed by atoms with van der Waals surface area (Å²) < 4.78 is 4.78. The van der Waals surface area contributed by atoms with E-state index in [-0.39, 0.29) is 18.1 Å². The molecule has 0 aromatic rings. The largest absolute Gasteiger partial charge is 0.461 e. The Morgan fingerprint density at radius 1 is 1.50 bits per heavy atom. The summed E-state index contributed by atoms with van der Waals surface area (Å²) in [6.45, 7) is 0.286. The smallest absolute Gasteiger partial charge is 0.308 e. The maximum absolute atomic E-state index is 11.1. The number of hydrogen-bond acceptors (Lipinski definition) is 6. The van der Waals surface area contributed by atoms with Crippen LogP contribution in [0.1, 0.15) is 12.8 Å². The van der Waals surface area contributed by atoms with Gasteiger partial charge in [-0.1, -0.05) is 23.9 Å². The Balaban J connectivity index is 3.67.